The van der Waals surface area contributed by atoms with Crippen LogP contribution in [-0.2, 0) is 10.2 Å². The maximum atomic E-state index is 11.9. The van der Waals surface area contributed by atoms with Crippen molar-refractivity contribution in [2.45, 2.75) is 43.9 Å². The smallest absolute Gasteiger partial charge is 0.220 e. The molecule has 3 nitrogen and oxygen atoms in total. The lowest BCUT2D eigenvalue weighted by atomic mass is 9.79. The molecular weight excluding hydrogens is 319 g/mol. The van der Waals surface area contributed by atoms with Crippen molar-refractivity contribution in [2.75, 3.05) is 20.1 Å². The average Bonchev–Trinajstić information content (AvgIpc) is 2.96. The van der Waals surface area contributed by atoms with Crippen LogP contribution in [0.1, 0.15) is 44.1 Å². The molecule has 22 heavy (non-hydrogen) atoms. The molecule has 0 aromatic heterocycles. The Labute approximate surface area is 144 Å². The van der Waals surface area contributed by atoms with Gasteiger partial charge in [0.25, 0.3) is 0 Å². The summed E-state index contributed by atoms with van der Waals surface area (Å²) in [6, 6.07) is 8.12. The van der Waals surface area contributed by atoms with Gasteiger partial charge in [-0.05, 0) is 50.6 Å². The summed E-state index contributed by atoms with van der Waals surface area (Å²) in [4.78, 5) is 11.9. The van der Waals surface area contributed by atoms with Crippen molar-refractivity contribution in [3.63, 3.8) is 0 Å². The Bertz CT molecular complexity index is 456. The first-order chi connectivity index (χ1) is 10.2. The lowest BCUT2D eigenvalue weighted by Crippen LogP contribution is -2.39. The lowest BCUT2D eigenvalue weighted by Gasteiger charge is -2.30. The SMILES string of the molecule is CNCCCC(=O)NCC1(c2ccc(Cl)cc2)CCCC1.Cl. The fourth-order valence-corrected chi connectivity index (χ4v) is 3.33. The highest BCUT2D eigenvalue weighted by molar-refractivity contribution is 6.30. The molecule has 1 fully saturated rings. The first kappa shape index (κ1) is 19.3. The second kappa shape index (κ2) is 9.39. The van der Waals surface area contributed by atoms with Gasteiger partial charge >= 0.3 is 0 Å². The Morgan fingerprint density at radius 2 is 1.86 bits per heavy atom. The number of halogens is 2. The van der Waals surface area contributed by atoms with Gasteiger partial charge in [-0.1, -0.05) is 36.6 Å². The van der Waals surface area contributed by atoms with Crippen LogP contribution in [0.4, 0.5) is 0 Å². The zero-order valence-corrected chi connectivity index (χ0v) is 14.7. The first-order valence-electron chi connectivity index (χ1n) is 7.84. The van der Waals surface area contributed by atoms with Gasteiger partial charge in [0, 0.05) is 23.4 Å². The van der Waals surface area contributed by atoms with Gasteiger partial charge < -0.3 is 10.6 Å². The molecule has 1 aromatic rings. The van der Waals surface area contributed by atoms with Gasteiger partial charge in [-0.2, -0.15) is 0 Å². The molecule has 0 heterocycles. The zero-order valence-electron chi connectivity index (χ0n) is 13.2. The molecule has 0 bridgehead atoms. The van der Waals surface area contributed by atoms with Gasteiger partial charge in [0.05, 0.1) is 0 Å². The third kappa shape index (κ3) is 5.15. The average molecular weight is 345 g/mol. The maximum absolute atomic E-state index is 11.9. The summed E-state index contributed by atoms with van der Waals surface area (Å²) in [5, 5.41) is 6.97. The Hall–Kier alpha value is -0.770. The van der Waals surface area contributed by atoms with Crippen LogP contribution in [0.15, 0.2) is 24.3 Å². The van der Waals surface area contributed by atoms with Crippen LogP contribution >= 0.6 is 24.0 Å². The molecular formula is C17H26Cl2N2O. The van der Waals surface area contributed by atoms with Gasteiger partial charge in [-0.15, -0.1) is 12.4 Å². The van der Waals surface area contributed by atoms with Crippen molar-refractivity contribution in [3.05, 3.63) is 34.9 Å². The largest absolute Gasteiger partial charge is 0.355 e. The minimum Gasteiger partial charge on any atom is -0.355 e. The minimum absolute atomic E-state index is 0. The van der Waals surface area contributed by atoms with Gasteiger partial charge in [0.1, 0.15) is 0 Å². The van der Waals surface area contributed by atoms with Crippen molar-refractivity contribution in [1.82, 2.24) is 10.6 Å². The summed E-state index contributed by atoms with van der Waals surface area (Å²) in [7, 11) is 1.91. The number of benzene rings is 1. The fourth-order valence-electron chi connectivity index (χ4n) is 3.20. The van der Waals surface area contributed by atoms with Crippen molar-refractivity contribution in [2.24, 2.45) is 0 Å². The number of carbonyl (C=O) groups excluding carboxylic acids is 1. The molecule has 124 valence electrons. The Balaban J connectivity index is 0.00000242. The molecule has 5 heteroatoms. The molecule has 1 amide bonds. The van der Waals surface area contributed by atoms with Crippen molar-refractivity contribution >= 4 is 29.9 Å². The minimum atomic E-state index is 0. The van der Waals surface area contributed by atoms with Crippen LogP contribution in [0, 0.1) is 0 Å². The monoisotopic (exact) mass is 344 g/mol. The highest BCUT2D eigenvalue weighted by Gasteiger charge is 2.35. The van der Waals surface area contributed by atoms with E-state index in [0.29, 0.717) is 6.42 Å². The molecule has 2 rings (SSSR count). The molecule has 1 aliphatic carbocycles. The van der Waals surface area contributed by atoms with E-state index in [2.05, 4.69) is 22.8 Å². The number of hydrogen-bond acceptors (Lipinski definition) is 2. The standard InChI is InChI=1S/C17H25ClN2O.ClH/c1-19-12-4-5-16(21)20-13-17(10-2-3-11-17)14-6-8-15(18)9-7-14;/h6-9,19H,2-5,10-13H2,1H3,(H,20,21);1H. The summed E-state index contributed by atoms with van der Waals surface area (Å²) >= 11 is 5.99. The number of rotatable bonds is 7. The third-order valence-electron chi connectivity index (χ3n) is 4.47. The molecule has 1 aliphatic rings. The summed E-state index contributed by atoms with van der Waals surface area (Å²) in [6.07, 6.45) is 6.24. The van der Waals surface area contributed by atoms with E-state index in [0.717, 1.165) is 37.4 Å². The van der Waals surface area contributed by atoms with Gasteiger partial charge in [0.15, 0.2) is 0 Å². The summed E-state index contributed by atoms with van der Waals surface area (Å²) in [5.74, 6) is 0.158. The van der Waals surface area contributed by atoms with E-state index in [1.165, 1.54) is 18.4 Å². The Morgan fingerprint density at radius 3 is 2.45 bits per heavy atom. The fraction of sp³-hybridized carbons (Fsp3) is 0.588. The van der Waals surface area contributed by atoms with Gasteiger partial charge in [-0.3, -0.25) is 4.79 Å². The Kier molecular flexibility index (Phi) is 8.23. The van der Waals surface area contributed by atoms with Gasteiger partial charge in [0.2, 0.25) is 5.91 Å². The number of amides is 1. The number of carbonyl (C=O) groups is 1. The second-order valence-electron chi connectivity index (χ2n) is 5.98. The summed E-state index contributed by atoms with van der Waals surface area (Å²) in [6.45, 7) is 1.63. The van der Waals surface area contributed by atoms with E-state index in [1.54, 1.807) is 0 Å². The van der Waals surface area contributed by atoms with Crippen LogP contribution in [0.3, 0.4) is 0 Å². The molecule has 0 unspecified atom stereocenters. The molecule has 0 aliphatic heterocycles. The predicted molar refractivity (Wildman–Crippen MR) is 95.0 cm³/mol. The van der Waals surface area contributed by atoms with E-state index < -0.39 is 0 Å². The summed E-state index contributed by atoms with van der Waals surface area (Å²) < 4.78 is 0. The molecule has 1 saturated carbocycles. The Morgan fingerprint density at radius 1 is 1.23 bits per heavy atom. The lowest BCUT2D eigenvalue weighted by molar-refractivity contribution is -0.121. The normalized spacial score (nSPS) is 16.1. The molecule has 2 N–H and O–H groups in total. The van der Waals surface area contributed by atoms with E-state index in [1.807, 2.05) is 19.2 Å². The predicted octanol–water partition coefficient (Wildman–Crippen LogP) is 3.69. The molecule has 0 radical (unpaired) electrons. The van der Waals surface area contributed by atoms with Gasteiger partial charge in [-0.25, -0.2) is 0 Å². The topological polar surface area (TPSA) is 41.1 Å². The first-order valence-corrected chi connectivity index (χ1v) is 8.21. The highest BCUT2D eigenvalue weighted by Crippen LogP contribution is 2.40. The van der Waals surface area contributed by atoms with E-state index >= 15 is 0 Å². The van der Waals surface area contributed by atoms with Crippen molar-refractivity contribution < 1.29 is 4.79 Å². The maximum Gasteiger partial charge on any atom is 0.220 e. The van der Waals surface area contributed by atoms with E-state index in [-0.39, 0.29) is 23.7 Å². The number of hydrogen-bond donors (Lipinski definition) is 2. The summed E-state index contributed by atoms with van der Waals surface area (Å²) in [5.41, 5.74) is 1.41. The quantitative estimate of drug-likeness (QED) is 0.740. The van der Waals surface area contributed by atoms with Crippen molar-refractivity contribution in [1.29, 1.82) is 0 Å². The van der Waals surface area contributed by atoms with Crippen LogP contribution in [0.25, 0.3) is 0 Å². The second-order valence-corrected chi connectivity index (χ2v) is 6.41. The van der Waals surface area contributed by atoms with Crippen LogP contribution in [0.5, 0.6) is 0 Å². The van der Waals surface area contributed by atoms with Crippen LogP contribution < -0.4 is 10.6 Å². The number of nitrogens with one attached hydrogen (secondary N) is 2. The molecule has 0 saturated heterocycles. The van der Waals surface area contributed by atoms with Crippen molar-refractivity contribution in [3.8, 4) is 0 Å². The molecule has 0 atom stereocenters. The molecule has 1 aromatic carbocycles. The molecule has 0 spiro atoms. The van der Waals surface area contributed by atoms with E-state index in [9.17, 15) is 4.79 Å². The zero-order chi connectivity index (χ0) is 15.1. The van der Waals surface area contributed by atoms with Crippen LogP contribution in [-0.4, -0.2) is 26.0 Å². The van der Waals surface area contributed by atoms with Crippen LogP contribution in [0.2, 0.25) is 5.02 Å². The van der Waals surface area contributed by atoms with E-state index in [4.69, 9.17) is 11.6 Å². The highest BCUT2D eigenvalue weighted by atomic mass is 35.5. The third-order valence-corrected chi connectivity index (χ3v) is 4.72.